The van der Waals surface area contributed by atoms with Gasteiger partial charge in [-0.05, 0) is 18.6 Å². The summed E-state index contributed by atoms with van der Waals surface area (Å²) in [6.07, 6.45) is 2.26. The number of methoxy groups -OCH3 is 1. The molecule has 1 aromatic heterocycles. The number of carbonyl (C=O) groups is 2. The largest absolute Gasteiger partial charge is 0.465 e. The van der Waals surface area contributed by atoms with Gasteiger partial charge in [0.1, 0.15) is 5.69 Å². The average molecular weight is 222 g/mol. The zero-order valence-corrected chi connectivity index (χ0v) is 9.32. The Morgan fingerprint density at radius 2 is 2.25 bits per heavy atom. The lowest BCUT2D eigenvalue weighted by molar-refractivity contribution is 0.0600. The molecule has 0 unspecified atom stereocenters. The summed E-state index contributed by atoms with van der Waals surface area (Å²) in [6, 6.07) is 2.92. The SMILES string of the molecule is CCCNC(=O)c1cc(C(=O)OC)ccn1. The summed E-state index contributed by atoms with van der Waals surface area (Å²) in [5.74, 6) is -0.764. The molecule has 0 aliphatic carbocycles. The molecule has 0 saturated heterocycles. The van der Waals surface area contributed by atoms with E-state index >= 15 is 0 Å². The zero-order chi connectivity index (χ0) is 12.0. The highest BCUT2D eigenvalue weighted by Gasteiger charge is 2.10. The number of ether oxygens (including phenoxy) is 1. The molecule has 0 fully saturated rings. The minimum atomic E-state index is -0.480. The van der Waals surface area contributed by atoms with Gasteiger partial charge in [-0.3, -0.25) is 9.78 Å². The van der Waals surface area contributed by atoms with Crippen LogP contribution in [0.5, 0.6) is 0 Å². The Balaban J connectivity index is 2.81. The molecule has 0 aliphatic rings. The van der Waals surface area contributed by atoms with E-state index in [1.165, 1.54) is 25.4 Å². The molecule has 86 valence electrons. The summed E-state index contributed by atoms with van der Waals surface area (Å²) in [5.41, 5.74) is 0.537. The number of pyridine rings is 1. The second-order valence-corrected chi connectivity index (χ2v) is 3.18. The van der Waals surface area contributed by atoms with Crippen LogP contribution >= 0.6 is 0 Å². The molecule has 0 aliphatic heterocycles. The van der Waals surface area contributed by atoms with Crippen LogP contribution in [0.4, 0.5) is 0 Å². The first-order valence-electron chi connectivity index (χ1n) is 5.01. The van der Waals surface area contributed by atoms with Gasteiger partial charge in [-0.1, -0.05) is 6.92 Å². The van der Waals surface area contributed by atoms with Gasteiger partial charge in [0, 0.05) is 12.7 Å². The monoisotopic (exact) mass is 222 g/mol. The summed E-state index contributed by atoms with van der Waals surface area (Å²) in [4.78, 5) is 26.7. The van der Waals surface area contributed by atoms with Gasteiger partial charge in [0.15, 0.2) is 0 Å². The number of nitrogens with zero attached hydrogens (tertiary/aromatic N) is 1. The van der Waals surface area contributed by atoms with E-state index in [9.17, 15) is 9.59 Å². The minimum Gasteiger partial charge on any atom is -0.465 e. The van der Waals surface area contributed by atoms with Gasteiger partial charge in [0.25, 0.3) is 5.91 Å². The van der Waals surface area contributed by atoms with Crippen molar-refractivity contribution in [2.24, 2.45) is 0 Å². The van der Waals surface area contributed by atoms with Crippen molar-refractivity contribution in [1.82, 2.24) is 10.3 Å². The van der Waals surface area contributed by atoms with Crippen LogP contribution in [0.25, 0.3) is 0 Å². The van der Waals surface area contributed by atoms with Crippen LogP contribution in [-0.4, -0.2) is 30.5 Å². The number of carbonyl (C=O) groups excluding carboxylic acids is 2. The summed E-state index contributed by atoms with van der Waals surface area (Å²) in [6.45, 7) is 2.54. The van der Waals surface area contributed by atoms with E-state index in [-0.39, 0.29) is 11.6 Å². The maximum atomic E-state index is 11.5. The molecule has 1 rings (SSSR count). The van der Waals surface area contributed by atoms with Gasteiger partial charge in [-0.25, -0.2) is 4.79 Å². The van der Waals surface area contributed by atoms with E-state index in [0.717, 1.165) is 6.42 Å². The molecule has 16 heavy (non-hydrogen) atoms. The van der Waals surface area contributed by atoms with Crippen molar-refractivity contribution >= 4 is 11.9 Å². The molecule has 1 N–H and O–H groups in total. The van der Waals surface area contributed by atoms with Crippen molar-refractivity contribution < 1.29 is 14.3 Å². The Kier molecular flexibility index (Phi) is 4.44. The summed E-state index contributed by atoms with van der Waals surface area (Å²) < 4.78 is 4.55. The minimum absolute atomic E-state index is 0.219. The van der Waals surface area contributed by atoms with E-state index in [2.05, 4.69) is 15.0 Å². The molecule has 1 amide bonds. The van der Waals surface area contributed by atoms with Crippen LogP contribution in [0.2, 0.25) is 0 Å². The lowest BCUT2D eigenvalue weighted by atomic mass is 10.2. The molecule has 0 spiro atoms. The highest BCUT2D eigenvalue weighted by molar-refractivity contribution is 5.96. The van der Waals surface area contributed by atoms with E-state index in [4.69, 9.17) is 0 Å². The Labute approximate surface area is 93.8 Å². The first-order chi connectivity index (χ1) is 7.69. The van der Waals surface area contributed by atoms with Crippen LogP contribution < -0.4 is 5.32 Å². The number of aromatic nitrogens is 1. The number of hydrogen-bond acceptors (Lipinski definition) is 4. The predicted molar refractivity (Wildman–Crippen MR) is 58.2 cm³/mol. The second-order valence-electron chi connectivity index (χ2n) is 3.18. The smallest absolute Gasteiger partial charge is 0.337 e. The van der Waals surface area contributed by atoms with Gasteiger partial charge in [0.2, 0.25) is 0 Å². The van der Waals surface area contributed by atoms with E-state index in [1.54, 1.807) is 0 Å². The Morgan fingerprint density at radius 3 is 2.88 bits per heavy atom. The standard InChI is InChI=1S/C11H14N2O3/c1-3-5-13-10(14)9-7-8(4-6-12-9)11(15)16-2/h4,6-7H,3,5H2,1-2H3,(H,13,14). The Hall–Kier alpha value is -1.91. The Bertz CT molecular complexity index is 391. The molecule has 1 aromatic rings. The third-order valence-corrected chi connectivity index (χ3v) is 1.95. The zero-order valence-electron chi connectivity index (χ0n) is 9.32. The van der Waals surface area contributed by atoms with E-state index < -0.39 is 5.97 Å². The highest BCUT2D eigenvalue weighted by atomic mass is 16.5. The molecule has 0 atom stereocenters. The van der Waals surface area contributed by atoms with Crippen LogP contribution in [0.1, 0.15) is 34.2 Å². The van der Waals surface area contributed by atoms with Crippen LogP contribution in [0.3, 0.4) is 0 Å². The highest BCUT2D eigenvalue weighted by Crippen LogP contribution is 2.03. The molecule has 0 aromatic carbocycles. The summed E-state index contributed by atoms with van der Waals surface area (Å²) >= 11 is 0. The van der Waals surface area contributed by atoms with Gasteiger partial charge in [0.05, 0.1) is 12.7 Å². The molecule has 0 saturated carbocycles. The topological polar surface area (TPSA) is 68.3 Å². The second kappa shape index (κ2) is 5.85. The normalized spacial score (nSPS) is 9.62. The van der Waals surface area contributed by atoms with Crippen molar-refractivity contribution in [3.05, 3.63) is 29.6 Å². The van der Waals surface area contributed by atoms with Gasteiger partial charge >= 0.3 is 5.97 Å². The number of rotatable bonds is 4. The predicted octanol–water partition coefficient (Wildman–Crippen LogP) is 1.01. The number of nitrogens with one attached hydrogen (secondary N) is 1. The van der Waals surface area contributed by atoms with Crippen LogP contribution in [0, 0.1) is 0 Å². The van der Waals surface area contributed by atoms with Crippen molar-refractivity contribution in [3.63, 3.8) is 0 Å². The fraction of sp³-hybridized carbons (Fsp3) is 0.364. The van der Waals surface area contributed by atoms with E-state index in [1.807, 2.05) is 6.92 Å². The quantitative estimate of drug-likeness (QED) is 0.772. The van der Waals surface area contributed by atoms with Gasteiger partial charge in [-0.15, -0.1) is 0 Å². The molecule has 0 bridgehead atoms. The first-order valence-corrected chi connectivity index (χ1v) is 5.01. The lowest BCUT2D eigenvalue weighted by Crippen LogP contribution is -2.25. The summed E-state index contributed by atoms with van der Waals surface area (Å²) in [7, 11) is 1.29. The molecule has 0 radical (unpaired) electrons. The van der Waals surface area contributed by atoms with Crippen molar-refractivity contribution in [2.75, 3.05) is 13.7 Å². The lowest BCUT2D eigenvalue weighted by Gasteiger charge is -2.04. The number of hydrogen-bond donors (Lipinski definition) is 1. The van der Waals surface area contributed by atoms with E-state index in [0.29, 0.717) is 12.1 Å². The van der Waals surface area contributed by atoms with Crippen molar-refractivity contribution in [1.29, 1.82) is 0 Å². The number of esters is 1. The maximum absolute atomic E-state index is 11.5. The molecule has 5 nitrogen and oxygen atoms in total. The summed E-state index contributed by atoms with van der Waals surface area (Å²) in [5, 5.41) is 2.68. The van der Waals surface area contributed by atoms with Gasteiger partial charge < -0.3 is 10.1 Å². The average Bonchev–Trinajstić information content (AvgIpc) is 2.35. The fourth-order valence-corrected chi connectivity index (χ4v) is 1.13. The fourth-order valence-electron chi connectivity index (χ4n) is 1.13. The van der Waals surface area contributed by atoms with Crippen molar-refractivity contribution in [3.8, 4) is 0 Å². The van der Waals surface area contributed by atoms with Gasteiger partial charge in [-0.2, -0.15) is 0 Å². The van der Waals surface area contributed by atoms with Crippen molar-refractivity contribution in [2.45, 2.75) is 13.3 Å². The molecular weight excluding hydrogens is 208 g/mol. The third-order valence-electron chi connectivity index (χ3n) is 1.95. The maximum Gasteiger partial charge on any atom is 0.337 e. The first kappa shape index (κ1) is 12.2. The Morgan fingerprint density at radius 1 is 1.50 bits per heavy atom. The number of amides is 1. The van der Waals surface area contributed by atoms with Crippen LogP contribution in [-0.2, 0) is 4.74 Å². The third kappa shape index (κ3) is 3.05. The molecule has 1 heterocycles. The molecular formula is C11H14N2O3. The van der Waals surface area contributed by atoms with Crippen LogP contribution in [0.15, 0.2) is 18.3 Å². The molecule has 5 heteroatoms.